The number of carbonyl (C=O) groups excluding carboxylic acids is 2. The van der Waals surface area contributed by atoms with Crippen LogP contribution in [0.15, 0.2) is 53.7 Å². The van der Waals surface area contributed by atoms with Gasteiger partial charge in [-0.25, -0.2) is 4.39 Å². The molecular weight excluding hydrogens is 422 g/mol. The summed E-state index contributed by atoms with van der Waals surface area (Å²) in [4.78, 5) is 27.2. The van der Waals surface area contributed by atoms with Gasteiger partial charge in [-0.3, -0.25) is 14.5 Å². The Hall–Kier alpha value is -2.67. The Morgan fingerprint density at radius 1 is 1.03 bits per heavy atom. The number of anilines is 1. The number of carbonyl (C=O) groups is 2. The zero-order valence-electron chi connectivity index (χ0n) is 15.6. The first-order valence-corrected chi connectivity index (χ1v) is 9.76. The molecule has 1 aliphatic heterocycles. The standard InChI is InChI=1S/C22H16ClF4NO2/c23-16-10-12(8-9-17(16)24)28-18-6-3-7-19(29)21(18)14(11-20(28)30)13-4-1-2-5-15(13)22(25,26)27/h1-2,4-5,8-10,14H,3,6-7,11H2. The second kappa shape index (κ2) is 7.54. The summed E-state index contributed by atoms with van der Waals surface area (Å²) in [6.45, 7) is 0. The van der Waals surface area contributed by atoms with Gasteiger partial charge < -0.3 is 0 Å². The second-order valence-corrected chi connectivity index (χ2v) is 7.71. The summed E-state index contributed by atoms with van der Waals surface area (Å²) in [5.74, 6) is -2.38. The number of halogens is 5. The van der Waals surface area contributed by atoms with Gasteiger partial charge in [-0.05, 0) is 42.7 Å². The van der Waals surface area contributed by atoms with Crippen LogP contribution in [0.3, 0.4) is 0 Å². The maximum absolute atomic E-state index is 13.6. The molecule has 1 amide bonds. The normalized spacial score (nSPS) is 19.9. The Bertz CT molecular complexity index is 1080. The van der Waals surface area contributed by atoms with Crippen molar-refractivity contribution in [1.82, 2.24) is 0 Å². The zero-order valence-corrected chi connectivity index (χ0v) is 16.4. The molecule has 3 nitrogen and oxygen atoms in total. The van der Waals surface area contributed by atoms with Crippen LogP contribution in [0.4, 0.5) is 23.2 Å². The molecule has 0 radical (unpaired) electrons. The number of amides is 1. The number of alkyl halides is 3. The van der Waals surface area contributed by atoms with Crippen LogP contribution in [-0.2, 0) is 15.8 Å². The Balaban J connectivity index is 1.90. The van der Waals surface area contributed by atoms with E-state index >= 15 is 0 Å². The lowest BCUT2D eigenvalue weighted by Gasteiger charge is -2.39. The van der Waals surface area contributed by atoms with Gasteiger partial charge in [0, 0.05) is 30.0 Å². The van der Waals surface area contributed by atoms with Crippen LogP contribution >= 0.6 is 11.6 Å². The molecule has 0 saturated carbocycles. The van der Waals surface area contributed by atoms with Gasteiger partial charge in [-0.1, -0.05) is 29.8 Å². The van der Waals surface area contributed by atoms with Gasteiger partial charge in [-0.2, -0.15) is 13.2 Å². The Morgan fingerprint density at radius 3 is 2.47 bits per heavy atom. The van der Waals surface area contributed by atoms with Gasteiger partial charge >= 0.3 is 6.18 Å². The molecule has 8 heteroatoms. The molecule has 0 bridgehead atoms. The molecule has 2 aromatic carbocycles. The van der Waals surface area contributed by atoms with Crippen molar-refractivity contribution in [3.8, 4) is 0 Å². The minimum absolute atomic E-state index is 0.0853. The van der Waals surface area contributed by atoms with E-state index in [0.29, 0.717) is 18.5 Å². The van der Waals surface area contributed by atoms with E-state index in [1.54, 1.807) is 0 Å². The van der Waals surface area contributed by atoms with E-state index in [-0.39, 0.29) is 40.5 Å². The molecule has 0 spiro atoms. The van der Waals surface area contributed by atoms with Crippen LogP contribution in [-0.4, -0.2) is 11.7 Å². The average Bonchev–Trinajstić information content (AvgIpc) is 2.69. The van der Waals surface area contributed by atoms with E-state index in [1.807, 2.05) is 0 Å². The minimum Gasteiger partial charge on any atom is -0.294 e. The summed E-state index contributed by atoms with van der Waals surface area (Å²) in [7, 11) is 0. The maximum atomic E-state index is 13.6. The van der Waals surface area contributed by atoms with Crippen LogP contribution < -0.4 is 4.90 Å². The lowest BCUT2D eigenvalue weighted by Crippen LogP contribution is -2.41. The van der Waals surface area contributed by atoms with Crippen molar-refractivity contribution in [1.29, 1.82) is 0 Å². The van der Waals surface area contributed by atoms with E-state index in [4.69, 9.17) is 11.6 Å². The number of benzene rings is 2. The number of hydrogen-bond acceptors (Lipinski definition) is 2. The topological polar surface area (TPSA) is 37.4 Å². The predicted molar refractivity (Wildman–Crippen MR) is 104 cm³/mol. The molecule has 0 N–H and O–H groups in total. The van der Waals surface area contributed by atoms with E-state index < -0.39 is 29.4 Å². The highest BCUT2D eigenvalue weighted by molar-refractivity contribution is 6.31. The molecule has 0 saturated heterocycles. The first kappa shape index (κ1) is 20.6. The van der Waals surface area contributed by atoms with E-state index in [9.17, 15) is 27.2 Å². The van der Waals surface area contributed by atoms with Crippen molar-refractivity contribution in [3.05, 3.63) is 75.7 Å². The van der Waals surface area contributed by atoms with E-state index in [1.165, 1.54) is 35.2 Å². The molecule has 1 heterocycles. The largest absolute Gasteiger partial charge is 0.416 e. The molecule has 30 heavy (non-hydrogen) atoms. The monoisotopic (exact) mass is 437 g/mol. The van der Waals surface area contributed by atoms with Crippen LogP contribution in [0.25, 0.3) is 0 Å². The minimum atomic E-state index is -4.61. The number of ketones is 1. The molecule has 0 fully saturated rings. The van der Waals surface area contributed by atoms with Crippen molar-refractivity contribution in [2.75, 3.05) is 4.90 Å². The molecule has 1 aliphatic carbocycles. The molecule has 2 aliphatic rings. The number of rotatable bonds is 2. The van der Waals surface area contributed by atoms with Crippen LogP contribution in [0, 0.1) is 5.82 Å². The number of allylic oxidation sites excluding steroid dienone is 2. The van der Waals surface area contributed by atoms with Gasteiger partial charge in [0.05, 0.1) is 16.3 Å². The SMILES string of the molecule is O=C1CCCC2=C1C(c1ccccc1C(F)(F)F)CC(=O)N2c1ccc(F)c(Cl)c1. The van der Waals surface area contributed by atoms with Crippen LogP contribution in [0.1, 0.15) is 42.7 Å². The number of Topliss-reactive ketones (excluding diaryl/α,β-unsaturated/α-hetero) is 1. The number of hydrogen-bond donors (Lipinski definition) is 0. The van der Waals surface area contributed by atoms with Gasteiger partial charge in [0.25, 0.3) is 0 Å². The fraction of sp³-hybridized carbons (Fsp3) is 0.273. The third-order valence-electron chi connectivity index (χ3n) is 5.48. The lowest BCUT2D eigenvalue weighted by molar-refractivity contribution is -0.138. The summed E-state index contributed by atoms with van der Waals surface area (Å²) in [6, 6.07) is 8.78. The van der Waals surface area contributed by atoms with Crippen molar-refractivity contribution < 1.29 is 27.2 Å². The summed E-state index contributed by atoms with van der Waals surface area (Å²) < 4.78 is 54.4. The first-order valence-electron chi connectivity index (χ1n) is 9.39. The van der Waals surface area contributed by atoms with Crippen LogP contribution in [0.2, 0.25) is 5.02 Å². The summed E-state index contributed by atoms with van der Waals surface area (Å²) in [6.07, 6.45) is -3.88. The van der Waals surface area contributed by atoms with E-state index in [2.05, 4.69) is 0 Å². The smallest absolute Gasteiger partial charge is 0.294 e. The van der Waals surface area contributed by atoms with Crippen LogP contribution in [0.5, 0.6) is 0 Å². The molecule has 2 aromatic rings. The maximum Gasteiger partial charge on any atom is 0.416 e. The third-order valence-corrected chi connectivity index (χ3v) is 5.77. The summed E-state index contributed by atoms with van der Waals surface area (Å²) in [5, 5.41) is -0.186. The molecule has 1 atom stereocenters. The van der Waals surface area contributed by atoms with Gasteiger partial charge in [-0.15, -0.1) is 0 Å². The average molecular weight is 438 g/mol. The van der Waals surface area contributed by atoms with Gasteiger partial charge in [0.1, 0.15) is 5.82 Å². The lowest BCUT2D eigenvalue weighted by atomic mass is 9.76. The molecule has 156 valence electrons. The summed E-state index contributed by atoms with van der Waals surface area (Å²) >= 11 is 5.86. The number of nitrogens with zero attached hydrogens (tertiary/aromatic N) is 1. The highest BCUT2D eigenvalue weighted by Gasteiger charge is 2.43. The fourth-order valence-corrected chi connectivity index (χ4v) is 4.42. The summed E-state index contributed by atoms with van der Waals surface area (Å²) in [5.41, 5.74) is -0.0644. The fourth-order valence-electron chi connectivity index (χ4n) is 4.24. The molecular formula is C22H16ClF4NO2. The second-order valence-electron chi connectivity index (χ2n) is 7.31. The zero-order chi connectivity index (χ0) is 21.6. The van der Waals surface area contributed by atoms with Crippen molar-refractivity contribution in [3.63, 3.8) is 0 Å². The van der Waals surface area contributed by atoms with Gasteiger partial charge in [0.2, 0.25) is 5.91 Å². The third kappa shape index (κ3) is 3.51. The highest BCUT2D eigenvalue weighted by atomic mass is 35.5. The predicted octanol–water partition coefficient (Wildman–Crippen LogP) is 6.03. The van der Waals surface area contributed by atoms with Crippen molar-refractivity contribution >= 4 is 29.0 Å². The Labute approximate surface area is 174 Å². The quantitative estimate of drug-likeness (QED) is 0.538. The first-order chi connectivity index (χ1) is 14.2. The van der Waals surface area contributed by atoms with E-state index in [0.717, 1.165) is 12.1 Å². The molecule has 1 unspecified atom stereocenters. The highest BCUT2D eigenvalue weighted by Crippen LogP contribution is 2.46. The van der Waals surface area contributed by atoms with Gasteiger partial charge in [0.15, 0.2) is 5.78 Å². The Kier molecular flexibility index (Phi) is 5.18. The van der Waals surface area contributed by atoms with Crippen molar-refractivity contribution in [2.24, 2.45) is 0 Å². The molecule has 0 aromatic heterocycles. The van der Waals surface area contributed by atoms with Crippen molar-refractivity contribution in [2.45, 2.75) is 37.8 Å². The Morgan fingerprint density at radius 2 is 1.77 bits per heavy atom. The molecule has 4 rings (SSSR count).